The van der Waals surface area contributed by atoms with Crippen molar-refractivity contribution in [1.29, 1.82) is 0 Å². The molecular formula is C14H11FO3S. The van der Waals surface area contributed by atoms with Crippen molar-refractivity contribution in [2.75, 3.05) is 0 Å². The molecule has 0 spiro atoms. The van der Waals surface area contributed by atoms with E-state index in [1.54, 1.807) is 18.2 Å². The van der Waals surface area contributed by atoms with Crippen LogP contribution in [0.1, 0.15) is 5.56 Å². The van der Waals surface area contributed by atoms with Crippen molar-refractivity contribution in [1.82, 2.24) is 0 Å². The maximum atomic E-state index is 12.7. The van der Waals surface area contributed by atoms with E-state index in [1.807, 2.05) is 0 Å². The fraction of sp³-hybridized carbons (Fsp3) is 0. The van der Waals surface area contributed by atoms with Gasteiger partial charge in [-0.3, -0.25) is 0 Å². The van der Waals surface area contributed by atoms with E-state index in [9.17, 15) is 12.8 Å². The summed E-state index contributed by atoms with van der Waals surface area (Å²) in [7, 11) is -3.94. The van der Waals surface area contributed by atoms with Crippen LogP contribution in [0.15, 0.2) is 60.0 Å². The Morgan fingerprint density at radius 1 is 1.00 bits per heavy atom. The van der Waals surface area contributed by atoms with Crippen LogP contribution in [-0.2, 0) is 10.1 Å². The van der Waals surface area contributed by atoms with Crippen LogP contribution in [0.5, 0.6) is 5.75 Å². The number of hydrogen-bond acceptors (Lipinski definition) is 3. The number of rotatable bonds is 4. The number of hydrogen-bond donors (Lipinski definition) is 0. The topological polar surface area (TPSA) is 43.4 Å². The first-order valence-corrected chi connectivity index (χ1v) is 6.85. The normalized spacial score (nSPS) is 11.0. The van der Waals surface area contributed by atoms with Crippen molar-refractivity contribution in [2.24, 2.45) is 0 Å². The second-order valence-corrected chi connectivity index (χ2v) is 5.31. The SMILES string of the molecule is C=Cc1ccc(OS(=O)(=O)c2ccc(F)cc2)cc1. The predicted octanol–water partition coefficient (Wildman–Crippen LogP) is 3.24. The van der Waals surface area contributed by atoms with Gasteiger partial charge in [0.2, 0.25) is 0 Å². The Labute approximate surface area is 111 Å². The van der Waals surface area contributed by atoms with Crippen molar-refractivity contribution < 1.29 is 17.0 Å². The monoisotopic (exact) mass is 278 g/mol. The van der Waals surface area contributed by atoms with Gasteiger partial charge in [0, 0.05) is 0 Å². The smallest absolute Gasteiger partial charge is 0.339 e. The molecule has 98 valence electrons. The molecule has 0 radical (unpaired) electrons. The molecule has 5 heteroatoms. The van der Waals surface area contributed by atoms with Gasteiger partial charge >= 0.3 is 10.1 Å². The Hall–Kier alpha value is -2.14. The molecule has 0 saturated carbocycles. The third-order valence-corrected chi connectivity index (χ3v) is 3.69. The van der Waals surface area contributed by atoms with Gasteiger partial charge in [-0.25, -0.2) is 4.39 Å². The molecule has 2 rings (SSSR count). The molecule has 0 heterocycles. The molecule has 0 saturated heterocycles. The Balaban J connectivity index is 2.25. The number of halogens is 1. The van der Waals surface area contributed by atoms with Crippen LogP contribution >= 0.6 is 0 Å². The third-order valence-electron chi connectivity index (χ3n) is 2.42. The van der Waals surface area contributed by atoms with Crippen LogP contribution in [0.25, 0.3) is 6.08 Å². The molecule has 0 atom stereocenters. The molecule has 2 aromatic rings. The molecule has 0 aromatic heterocycles. The molecule has 0 aliphatic carbocycles. The highest BCUT2D eigenvalue weighted by Crippen LogP contribution is 2.19. The first-order valence-electron chi connectivity index (χ1n) is 5.44. The standard InChI is InChI=1S/C14H11FO3S/c1-2-11-3-7-13(8-4-11)18-19(16,17)14-9-5-12(15)6-10-14/h2-10H,1H2. The average Bonchev–Trinajstić information content (AvgIpc) is 2.40. The summed E-state index contributed by atoms with van der Waals surface area (Å²) in [6.07, 6.45) is 1.64. The van der Waals surface area contributed by atoms with Crippen LogP contribution < -0.4 is 4.18 Å². The van der Waals surface area contributed by atoms with E-state index >= 15 is 0 Å². The molecule has 0 bridgehead atoms. The van der Waals surface area contributed by atoms with E-state index in [4.69, 9.17) is 4.18 Å². The molecule has 3 nitrogen and oxygen atoms in total. The van der Waals surface area contributed by atoms with Crippen LogP contribution in [0.3, 0.4) is 0 Å². The Morgan fingerprint density at radius 3 is 2.11 bits per heavy atom. The van der Waals surface area contributed by atoms with Crippen LogP contribution in [0.2, 0.25) is 0 Å². The predicted molar refractivity (Wildman–Crippen MR) is 70.7 cm³/mol. The van der Waals surface area contributed by atoms with Gasteiger partial charge in [-0.1, -0.05) is 24.8 Å². The van der Waals surface area contributed by atoms with E-state index < -0.39 is 15.9 Å². The lowest BCUT2D eigenvalue weighted by atomic mass is 10.2. The van der Waals surface area contributed by atoms with Gasteiger partial charge in [0.15, 0.2) is 0 Å². The highest BCUT2D eigenvalue weighted by molar-refractivity contribution is 7.87. The second kappa shape index (κ2) is 5.24. The first kappa shape index (κ1) is 13.3. The van der Waals surface area contributed by atoms with Gasteiger partial charge in [0.1, 0.15) is 16.5 Å². The van der Waals surface area contributed by atoms with Gasteiger partial charge in [-0.2, -0.15) is 8.42 Å². The van der Waals surface area contributed by atoms with Gasteiger partial charge in [0.05, 0.1) is 0 Å². The molecular weight excluding hydrogens is 267 g/mol. The highest BCUT2D eigenvalue weighted by Gasteiger charge is 2.16. The third kappa shape index (κ3) is 3.20. The van der Waals surface area contributed by atoms with Crippen LogP contribution in [-0.4, -0.2) is 8.42 Å². The Bertz CT molecular complexity index is 674. The molecule has 0 fully saturated rings. The molecule has 2 aromatic carbocycles. The fourth-order valence-electron chi connectivity index (χ4n) is 1.44. The Kier molecular flexibility index (Phi) is 3.66. The number of benzene rings is 2. The lowest BCUT2D eigenvalue weighted by molar-refractivity contribution is 0.486. The summed E-state index contributed by atoms with van der Waals surface area (Å²) in [5.74, 6) is -0.316. The molecule has 19 heavy (non-hydrogen) atoms. The van der Waals surface area contributed by atoms with Crippen molar-refractivity contribution in [3.8, 4) is 5.75 Å². The lowest BCUT2D eigenvalue weighted by Crippen LogP contribution is -2.09. The van der Waals surface area contributed by atoms with E-state index in [1.165, 1.54) is 12.1 Å². The quantitative estimate of drug-likeness (QED) is 0.806. The summed E-state index contributed by atoms with van der Waals surface area (Å²) < 4.78 is 41.5. The van der Waals surface area contributed by atoms with Gasteiger partial charge in [-0.15, -0.1) is 0 Å². The minimum atomic E-state index is -3.94. The highest BCUT2D eigenvalue weighted by atomic mass is 32.2. The van der Waals surface area contributed by atoms with Crippen molar-refractivity contribution in [3.05, 3.63) is 66.5 Å². The summed E-state index contributed by atoms with van der Waals surface area (Å²) in [6, 6.07) is 10.9. The molecule has 0 amide bonds. The molecule has 0 aliphatic heterocycles. The van der Waals surface area contributed by atoms with Crippen LogP contribution in [0.4, 0.5) is 4.39 Å². The van der Waals surface area contributed by atoms with Gasteiger partial charge in [0.25, 0.3) is 0 Å². The van der Waals surface area contributed by atoms with Crippen molar-refractivity contribution in [2.45, 2.75) is 4.90 Å². The maximum Gasteiger partial charge on any atom is 0.339 e. The summed E-state index contributed by atoms with van der Waals surface area (Å²) in [4.78, 5) is -0.0957. The van der Waals surface area contributed by atoms with E-state index in [0.29, 0.717) is 0 Å². The average molecular weight is 278 g/mol. The van der Waals surface area contributed by atoms with Crippen LogP contribution in [0, 0.1) is 5.82 Å². The second-order valence-electron chi connectivity index (χ2n) is 3.76. The molecule has 0 aliphatic rings. The first-order chi connectivity index (χ1) is 9.01. The van der Waals surface area contributed by atoms with Crippen molar-refractivity contribution in [3.63, 3.8) is 0 Å². The summed E-state index contributed by atoms with van der Waals surface area (Å²) >= 11 is 0. The minimum Gasteiger partial charge on any atom is -0.379 e. The Morgan fingerprint density at radius 2 is 1.58 bits per heavy atom. The van der Waals surface area contributed by atoms with Gasteiger partial charge < -0.3 is 4.18 Å². The largest absolute Gasteiger partial charge is 0.379 e. The lowest BCUT2D eigenvalue weighted by Gasteiger charge is -2.07. The summed E-state index contributed by atoms with van der Waals surface area (Å²) in [5.41, 5.74) is 0.853. The minimum absolute atomic E-state index is 0.0957. The zero-order valence-corrected chi connectivity index (χ0v) is 10.7. The zero-order chi connectivity index (χ0) is 13.9. The summed E-state index contributed by atoms with van der Waals surface area (Å²) in [6.45, 7) is 3.60. The fourth-order valence-corrected chi connectivity index (χ4v) is 2.37. The maximum absolute atomic E-state index is 12.7. The van der Waals surface area contributed by atoms with E-state index in [-0.39, 0.29) is 10.6 Å². The molecule has 0 unspecified atom stereocenters. The van der Waals surface area contributed by atoms with Crippen molar-refractivity contribution >= 4 is 16.2 Å². The van der Waals surface area contributed by atoms with E-state index in [0.717, 1.165) is 29.8 Å². The zero-order valence-electron chi connectivity index (χ0n) is 9.91. The van der Waals surface area contributed by atoms with E-state index in [2.05, 4.69) is 6.58 Å². The molecule has 0 N–H and O–H groups in total. The summed E-state index contributed by atoms with van der Waals surface area (Å²) in [5, 5.41) is 0. The van der Waals surface area contributed by atoms with Gasteiger partial charge in [-0.05, 0) is 42.0 Å².